The van der Waals surface area contributed by atoms with Crippen molar-refractivity contribution < 1.29 is 9.21 Å². The average molecular weight is 345 g/mol. The zero-order chi connectivity index (χ0) is 18.1. The van der Waals surface area contributed by atoms with Gasteiger partial charge in [0, 0.05) is 23.9 Å². The van der Waals surface area contributed by atoms with Crippen molar-refractivity contribution in [1.82, 2.24) is 15.3 Å². The Kier molecular flexibility index (Phi) is 4.13. The maximum atomic E-state index is 12.4. The van der Waals surface area contributed by atoms with E-state index in [1.807, 2.05) is 50.2 Å². The second-order valence-corrected chi connectivity index (χ2v) is 6.35. The SMILES string of the molecule is Cc1nc2ccc(C(=O)NCCc3cc4ccccc4o3)cc2nc1C. The normalized spacial score (nSPS) is 11.2. The van der Waals surface area contributed by atoms with Gasteiger partial charge in [-0.3, -0.25) is 4.79 Å². The summed E-state index contributed by atoms with van der Waals surface area (Å²) < 4.78 is 5.77. The molecule has 0 bridgehead atoms. The first kappa shape index (κ1) is 16.3. The van der Waals surface area contributed by atoms with Gasteiger partial charge in [0.25, 0.3) is 5.91 Å². The predicted molar refractivity (Wildman–Crippen MR) is 101 cm³/mol. The Labute approximate surface area is 151 Å². The molecule has 0 saturated carbocycles. The molecule has 0 saturated heterocycles. The summed E-state index contributed by atoms with van der Waals surface area (Å²) in [5.41, 5.74) is 4.76. The van der Waals surface area contributed by atoms with Gasteiger partial charge >= 0.3 is 0 Å². The van der Waals surface area contributed by atoms with Crippen LogP contribution in [0.5, 0.6) is 0 Å². The van der Waals surface area contributed by atoms with E-state index < -0.39 is 0 Å². The van der Waals surface area contributed by atoms with Crippen LogP contribution < -0.4 is 5.32 Å². The molecule has 0 spiro atoms. The van der Waals surface area contributed by atoms with Crippen LogP contribution in [0.2, 0.25) is 0 Å². The van der Waals surface area contributed by atoms with Crippen LogP contribution >= 0.6 is 0 Å². The van der Waals surface area contributed by atoms with Crippen LogP contribution in [0.1, 0.15) is 27.5 Å². The van der Waals surface area contributed by atoms with Gasteiger partial charge in [0.15, 0.2) is 0 Å². The van der Waals surface area contributed by atoms with Crippen LogP contribution in [0.25, 0.3) is 22.0 Å². The number of nitrogens with one attached hydrogen (secondary N) is 1. The molecule has 2 aromatic carbocycles. The average Bonchev–Trinajstić information content (AvgIpc) is 3.05. The Morgan fingerprint density at radius 3 is 2.58 bits per heavy atom. The molecule has 1 amide bonds. The van der Waals surface area contributed by atoms with Gasteiger partial charge in [0.1, 0.15) is 11.3 Å². The molecule has 5 heteroatoms. The summed E-state index contributed by atoms with van der Waals surface area (Å²) in [6.07, 6.45) is 0.645. The van der Waals surface area contributed by atoms with E-state index in [0.29, 0.717) is 18.5 Å². The lowest BCUT2D eigenvalue weighted by molar-refractivity contribution is 0.0954. The van der Waals surface area contributed by atoms with Crippen LogP contribution in [0, 0.1) is 13.8 Å². The highest BCUT2D eigenvalue weighted by atomic mass is 16.3. The second-order valence-electron chi connectivity index (χ2n) is 6.35. The van der Waals surface area contributed by atoms with E-state index in [1.54, 1.807) is 12.1 Å². The van der Waals surface area contributed by atoms with Gasteiger partial charge in [-0.2, -0.15) is 0 Å². The second kappa shape index (κ2) is 6.59. The fourth-order valence-corrected chi connectivity index (χ4v) is 2.93. The third-order valence-electron chi connectivity index (χ3n) is 4.47. The number of benzene rings is 2. The van der Waals surface area contributed by atoms with Crippen molar-refractivity contribution in [3.8, 4) is 0 Å². The number of rotatable bonds is 4. The standard InChI is InChI=1S/C21H19N3O2/c1-13-14(2)24-19-12-16(7-8-18(19)23-13)21(25)22-10-9-17-11-15-5-3-4-6-20(15)26-17/h3-8,11-12H,9-10H2,1-2H3,(H,22,25). The topological polar surface area (TPSA) is 68.0 Å². The summed E-state index contributed by atoms with van der Waals surface area (Å²) >= 11 is 0. The van der Waals surface area contributed by atoms with Crippen molar-refractivity contribution >= 4 is 27.9 Å². The highest BCUT2D eigenvalue weighted by Crippen LogP contribution is 2.19. The number of carbonyl (C=O) groups is 1. The first-order chi connectivity index (χ1) is 12.6. The number of hydrogen-bond donors (Lipinski definition) is 1. The van der Waals surface area contributed by atoms with Crippen LogP contribution in [0.4, 0.5) is 0 Å². The quantitative estimate of drug-likeness (QED) is 0.608. The van der Waals surface area contributed by atoms with Gasteiger partial charge in [-0.25, -0.2) is 9.97 Å². The lowest BCUT2D eigenvalue weighted by atomic mass is 10.1. The minimum Gasteiger partial charge on any atom is -0.461 e. The summed E-state index contributed by atoms with van der Waals surface area (Å²) in [6, 6.07) is 15.3. The highest BCUT2D eigenvalue weighted by Gasteiger charge is 2.09. The summed E-state index contributed by atoms with van der Waals surface area (Å²) in [5, 5.41) is 4.01. The Bertz CT molecular complexity index is 1080. The van der Waals surface area contributed by atoms with Crippen molar-refractivity contribution in [3.05, 3.63) is 71.2 Å². The van der Waals surface area contributed by atoms with Gasteiger partial charge < -0.3 is 9.73 Å². The van der Waals surface area contributed by atoms with E-state index in [2.05, 4.69) is 15.3 Å². The molecule has 4 rings (SSSR count). The predicted octanol–water partition coefficient (Wildman–Crippen LogP) is 3.97. The summed E-state index contributed by atoms with van der Waals surface area (Å²) in [7, 11) is 0. The number of aromatic nitrogens is 2. The summed E-state index contributed by atoms with van der Waals surface area (Å²) in [4.78, 5) is 21.4. The Morgan fingerprint density at radius 1 is 1.00 bits per heavy atom. The fraction of sp³-hybridized carbons (Fsp3) is 0.190. The van der Waals surface area contributed by atoms with Gasteiger partial charge in [-0.05, 0) is 44.2 Å². The molecule has 26 heavy (non-hydrogen) atoms. The molecule has 0 aliphatic carbocycles. The first-order valence-corrected chi connectivity index (χ1v) is 8.61. The van der Waals surface area contributed by atoms with Crippen LogP contribution in [0.15, 0.2) is 52.9 Å². The monoisotopic (exact) mass is 345 g/mol. The maximum Gasteiger partial charge on any atom is 0.251 e. The molecule has 1 N–H and O–H groups in total. The van der Waals surface area contributed by atoms with Crippen LogP contribution in [0.3, 0.4) is 0 Å². The van der Waals surface area contributed by atoms with E-state index in [9.17, 15) is 4.79 Å². The Morgan fingerprint density at radius 2 is 1.77 bits per heavy atom. The molecule has 130 valence electrons. The molecule has 0 fully saturated rings. The molecule has 2 aromatic heterocycles. The number of nitrogens with zero attached hydrogens (tertiary/aromatic N) is 2. The minimum absolute atomic E-state index is 0.122. The van der Waals surface area contributed by atoms with Gasteiger partial charge in [0.2, 0.25) is 0 Å². The van der Waals surface area contributed by atoms with Gasteiger partial charge in [0.05, 0.1) is 22.4 Å². The summed E-state index contributed by atoms with van der Waals surface area (Å²) in [6.45, 7) is 4.36. The van der Waals surface area contributed by atoms with Crippen molar-refractivity contribution in [2.75, 3.05) is 6.54 Å². The molecule has 5 nitrogen and oxygen atoms in total. The Balaban J connectivity index is 1.44. The third kappa shape index (κ3) is 3.16. The molecule has 0 radical (unpaired) electrons. The largest absolute Gasteiger partial charge is 0.461 e. The van der Waals surface area contributed by atoms with E-state index >= 15 is 0 Å². The minimum atomic E-state index is -0.122. The third-order valence-corrected chi connectivity index (χ3v) is 4.47. The number of carbonyl (C=O) groups excluding carboxylic acids is 1. The lowest BCUT2D eigenvalue weighted by Gasteiger charge is -2.06. The summed E-state index contributed by atoms with van der Waals surface area (Å²) in [5.74, 6) is 0.741. The molecule has 4 aromatic rings. The number of para-hydroxylation sites is 1. The maximum absolute atomic E-state index is 12.4. The number of aryl methyl sites for hydroxylation is 2. The van der Waals surface area contributed by atoms with Crippen LogP contribution in [-0.4, -0.2) is 22.4 Å². The highest BCUT2D eigenvalue weighted by molar-refractivity contribution is 5.97. The van der Waals surface area contributed by atoms with Gasteiger partial charge in [-0.15, -0.1) is 0 Å². The van der Waals surface area contributed by atoms with E-state index in [1.165, 1.54) is 0 Å². The van der Waals surface area contributed by atoms with Crippen molar-refractivity contribution in [2.24, 2.45) is 0 Å². The van der Waals surface area contributed by atoms with Crippen molar-refractivity contribution in [2.45, 2.75) is 20.3 Å². The number of amides is 1. The lowest BCUT2D eigenvalue weighted by Crippen LogP contribution is -2.25. The van der Waals surface area contributed by atoms with E-state index in [0.717, 1.165) is 39.2 Å². The van der Waals surface area contributed by atoms with Crippen molar-refractivity contribution in [1.29, 1.82) is 0 Å². The molecular formula is C21H19N3O2. The first-order valence-electron chi connectivity index (χ1n) is 8.61. The number of furan rings is 1. The fourth-order valence-electron chi connectivity index (χ4n) is 2.93. The van der Waals surface area contributed by atoms with E-state index in [-0.39, 0.29) is 5.91 Å². The molecular weight excluding hydrogens is 326 g/mol. The van der Waals surface area contributed by atoms with E-state index in [4.69, 9.17) is 4.42 Å². The smallest absolute Gasteiger partial charge is 0.251 e. The zero-order valence-electron chi connectivity index (χ0n) is 14.7. The van der Waals surface area contributed by atoms with Crippen molar-refractivity contribution in [3.63, 3.8) is 0 Å². The molecule has 0 aliphatic heterocycles. The number of hydrogen-bond acceptors (Lipinski definition) is 4. The molecule has 0 aliphatic rings. The van der Waals surface area contributed by atoms with Crippen LogP contribution in [-0.2, 0) is 6.42 Å². The molecule has 0 unspecified atom stereocenters. The van der Waals surface area contributed by atoms with Gasteiger partial charge in [-0.1, -0.05) is 18.2 Å². The molecule has 2 heterocycles. The zero-order valence-corrected chi connectivity index (χ0v) is 14.7. The Hall–Kier alpha value is -3.21. The number of fused-ring (bicyclic) bond motifs is 2. The molecule has 0 atom stereocenters.